The van der Waals surface area contributed by atoms with E-state index in [1.807, 2.05) is 23.1 Å². The zero-order valence-corrected chi connectivity index (χ0v) is 17.9. The van der Waals surface area contributed by atoms with E-state index in [1.165, 1.54) is 0 Å². The van der Waals surface area contributed by atoms with Gasteiger partial charge in [-0.25, -0.2) is 8.42 Å². The topological polar surface area (TPSA) is 84.9 Å². The Balaban J connectivity index is 1.50. The third kappa shape index (κ3) is 4.42. The molecule has 7 nitrogen and oxygen atoms in total. The normalized spacial score (nSPS) is 23.8. The quantitative estimate of drug-likeness (QED) is 0.686. The van der Waals surface area contributed by atoms with Gasteiger partial charge in [0.1, 0.15) is 13.2 Å². The Hall–Kier alpha value is -2.24. The van der Waals surface area contributed by atoms with Crippen LogP contribution in [0.4, 0.5) is 0 Å². The summed E-state index contributed by atoms with van der Waals surface area (Å²) in [6.07, 6.45) is 9.77. The van der Waals surface area contributed by atoms with E-state index >= 15 is 0 Å². The van der Waals surface area contributed by atoms with Gasteiger partial charge in [-0.2, -0.15) is 0 Å². The van der Waals surface area contributed by atoms with Crippen LogP contribution in [-0.2, 0) is 20.2 Å². The molecule has 0 bridgehead atoms. The molecule has 1 saturated carbocycles. The van der Waals surface area contributed by atoms with E-state index < -0.39 is 15.4 Å². The second-order valence-corrected chi connectivity index (χ2v) is 10.6. The molecule has 162 valence electrons. The highest BCUT2D eigenvalue weighted by molar-refractivity contribution is 7.91. The lowest BCUT2D eigenvalue weighted by molar-refractivity contribution is -0.124. The van der Waals surface area contributed by atoms with Crippen LogP contribution in [0.1, 0.15) is 37.7 Å². The van der Waals surface area contributed by atoms with Gasteiger partial charge < -0.3 is 14.8 Å². The van der Waals surface area contributed by atoms with Crippen LogP contribution < -0.4 is 14.8 Å². The average Bonchev–Trinajstić information content (AvgIpc) is 3.34. The molecule has 1 saturated heterocycles. The number of sulfone groups is 1. The molecule has 1 unspecified atom stereocenters. The first-order chi connectivity index (χ1) is 14.4. The first-order valence-electron chi connectivity index (χ1n) is 10.5. The van der Waals surface area contributed by atoms with E-state index in [-0.39, 0.29) is 36.5 Å². The number of nitrogens with zero attached hydrogens (tertiary/aromatic N) is 1. The lowest BCUT2D eigenvalue weighted by atomic mass is 9.87. The molecule has 30 heavy (non-hydrogen) atoms. The van der Waals surface area contributed by atoms with Crippen LogP contribution in [0.25, 0.3) is 0 Å². The number of fused-ring (bicyclic) bond motifs is 1. The number of terminal acetylenes is 1. The molecule has 1 amide bonds. The molecule has 1 aromatic rings. The molecule has 0 radical (unpaired) electrons. The molecule has 1 aromatic carbocycles. The van der Waals surface area contributed by atoms with Gasteiger partial charge in [0.05, 0.1) is 30.1 Å². The van der Waals surface area contributed by atoms with Gasteiger partial charge in [0.15, 0.2) is 21.3 Å². The molecule has 1 atom stereocenters. The Bertz CT molecular complexity index is 947. The lowest BCUT2D eigenvalue weighted by Crippen LogP contribution is -2.50. The van der Waals surface area contributed by atoms with Crippen LogP contribution in [0.5, 0.6) is 11.5 Å². The maximum absolute atomic E-state index is 13.0. The number of carbonyl (C=O) groups is 1. The summed E-state index contributed by atoms with van der Waals surface area (Å²) >= 11 is 0. The summed E-state index contributed by atoms with van der Waals surface area (Å²) in [5.41, 5.74) is 0.570. The van der Waals surface area contributed by atoms with Crippen molar-refractivity contribution in [2.45, 2.75) is 43.7 Å². The molecule has 8 heteroatoms. The molecule has 2 heterocycles. The number of amides is 1. The SMILES string of the molecule is C#CCN(CC(=O)NC1(c2ccc3c(c2)OCCO3)CCCC1)C1CCS(=O)(=O)C1. The lowest BCUT2D eigenvalue weighted by Gasteiger charge is -2.34. The van der Waals surface area contributed by atoms with Gasteiger partial charge in [0, 0.05) is 6.04 Å². The smallest absolute Gasteiger partial charge is 0.234 e. The third-order valence-electron chi connectivity index (χ3n) is 6.30. The third-order valence-corrected chi connectivity index (χ3v) is 8.05. The van der Waals surface area contributed by atoms with Crippen LogP contribution in [0.15, 0.2) is 18.2 Å². The number of nitrogens with one attached hydrogen (secondary N) is 1. The van der Waals surface area contributed by atoms with E-state index in [0.29, 0.717) is 25.4 Å². The predicted octanol–water partition coefficient (Wildman–Crippen LogP) is 1.47. The number of benzene rings is 1. The highest BCUT2D eigenvalue weighted by Gasteiger charge is 2.39. The van der Waals surface area contributed by atoms with Crippen LogP contribution in [-0.4, -0.2) is 63.1 Å². The molecule has 0 spiro atoms. The summed E-state index contributed by atoms with van der Waals surface area (Å²) < 4.78 is 35.1. The van der Waals surface area contributed by atoms with E-state index in [4.69, 9.17) is 15.9 Å². The second-order valence-electron chi connectivity index (χ2n) is 8.36. The van der Waals surface area contributed by atoms with Crippen LogP contribution in [0.2, 0.25) is 0 Å². The second kappa shape index (κ2) is 8.48. The van der Waals surface area contributed by atoms with Gasteiger partial charge in [0.25, 0.3) is 0 Å². The van der Waals surface area contributed by atoms with Crippen molar-refractivity contribution < 1.29 is 22.7 Å². The number of rotatable bonds is 6. The molecule has 4 rings (SSSR count). The summed E-state index contributed by atoms with van der Waals surface area (Å²) in [5.74, 6) is 4.09. The molecule has 2 fully saturated rings. The van der Waals surface area contributed by atoms with Crippen molar-refractivity contribution in [3.05, 3.63) is 23.8 Å². The van der Waals surface area contributed by atoms with Gasteiger partial charge >= 0.3 is 0 Å². The maximum Gasteiger partial charge on any atom is 0.234 e. The summed E-state index contributed by atoms with van der Waals surface area (Å²) in [6.45, 7) is 1.40. The van der Waals surface area contributed by atoms with Crippen molar-refractivity contribution in [2.24, 2.45) is 0 Å². The minimum Gasteiger partial charge on any atom is -0.486 e. The van der Waals surface area contributed by atoms with Crippen LogP contribution in [0, 0.1) is 12.3 Å². The van der Waals surface area contributed by atoms with Gasteiger partial charge in [-0.05, 0) is 37.0 Å². The number of hydrogen-bond donors (Lipinski definition) is 1. The Morgan fingerprint density at radius 3 is 2.63 bits per heavy atom. The van der Waals surface area contributed by atoms with E-state index in [9.17, 15) is 13.2 Å². The van der Waals surface area contributed by atoms with Gasteiger partial charge in [-0.1, -0.05) is 24.8 Å². The fourth-order valence-corrected chi connectivity index (χ4v) is 6.55. The molecular formula is C22H28N2O5S. The van der Waals surface area contributed by atoms with Gasteiger partial charge in [-0.3, -0.25) is 9.69 Å². The monoisotopic (exact) mass is 432 g/mol. The minimum absolute atomic E-state index is 0.0647. The first-order valence-corrected chi connectivity index (χ1v) is 12.3. The fraction of sp³-hybridized carbons (Fsp3) is 0.591. The standard InChI is InChI=1S/C22H28N2O5S/c1-2-10-24(18-7-13-30(26,27)16-18)15-21(25)23-22(8-3-4-9-22)17-5-6-19-20(14-17)29-12-11-28-19/h1,5-6,14,18H,3-4,7-13,15-16H2,(H,23,25). The summed E-state index contributed by atoms with van der Waals surface area (Å²) in [5, 5.41) is 3.25. The Morgan fingerprint density at radius 2 is 1.97 bits per heavy atom. The largest absolute Gasteiger partial charge is 0.486 e. The zero-order valence-electron chi connectivity index (χ0n) is 17.1. The first kappa shape index (κ1) is 21.0. The molecular weight excluding hydrogens is 404 g/mol. The van der Waals surface area contributed by atoms with Crippen molar-refractivity contribution in [1.29, 1.82) is 0 Å². The molecule has 0 aromatic heterocycles. The number of ether oxygens (including phenoxy) is 2. The molecule has 1 N–H and O–H groups in total. The van der Waals surface area contributed by atoms with Crippen molar-refractivity contribution in [3.63, 3.8) is 0 Å². The highest BCUT2D eigenvalue weighted by Crippen LogP contribution is 2.42. The fourth-order valence-electron chi connectivity index (χ4n) is 4.79. The van der Waals surface area contributed by atoms with E-state index in [1.54, 1.807) is 0 Å². The highest BCUT2D eigenvalue weighted by atomic mass is 32.2. The summed E-state index contributed by atoms with van der Waals surface area (Å²) in [6, 6.07) is 5.68. The summed E-state index contributed by atoms with van der Waals surface area (Å²) in [4.78, 5) is 14.9. The Labute approximate surface area is 178 Å². The Kier molecular flexibility index (Phi) is 5.94. The predicted molar refractivity (Wildman–Crippen MR) is 113 cm³/mol. The number of carbonyl (C=O) groups excluding carboxylic acids is 1. The summed E-state index contributed by atoms with van der Waals surface area (Å²) in [7, 11) is -3.05. The van der Waals surface area contributed by atoms with Crippen LogP contribution in [0.3, 0.4) is 0 Å². The van der Waals surface area contributed by atoms with Gasteiger partial charge in [0.2, 0.25) is 5.91 Å². The van der Waals surface area contributed by atoms with Crippen molar-refractivity contribution in [2.75, 3.05) is 37.8 Å². The zero-order chi connectivity index (χ0) is 21.2. The van der Waals surface area contributed by atoms with Gasteiger partial charge in [-0.15, -0.1) is 6.42 Å². The van der Waals surface area contributed by atoms with Crippen molar-refractivity contribution in [3.8, 4) is 23.8 Å². The molecule has 3 aliphatic rings. The molecule has 2 aliphatic heterocycles. The van der Waals surface area contributed by atoms with E-state index in [0.717, 1.165) is 37.0 Å². The van der Waals surface area contributed by atoms with Crippen molar-refractivity contribution >= 4 is 15.7 Å². The van der Waals surface area contributed by atoms with E-state index in [2.05, 4.69) is 11.2 Å². The minimum atomic E-state index is -3.05. The number of hydrogen-bond acceptors (Lipinski definition) is 6. The van der Waals surface area contributed by atoms with Crippen molar-refractivity contribution in [1.82, 2.24) is 10.2 Å². The molecule has 1 aliphatic carbocycles. The average molecular weight is 433 g/mol. The van der Waals surface area contributed by atoms with Crippen LogP contribution >= 0.6 is 0 Å². The Morgan fingerprint density at radius 1 is 1.23 bits per heavy atom. The maximum atomic E-state index is 13.0.